The quantitative estimate of drug-likeness (QED) is 0.304. The van der Waals surface area contributed by atoms with E-state index in [1.54, 1.807) is 36.6 Å². The Morgan fingerprint density at radius 2 is 1.89 bits per heavy atom. The summed E-state index contributed by atoms with van der Waals surface area (Å²) in [6.07, 6.45) is -0.279. The first-order valence-corrected chi connectivity index (χ1v) is 12.8. The van der Waals surface area contributed by atoms with Crippen LogP contribution in [0.5, 0.6) is 0 Å². The van der Waals surface area contributed by atoms with Crippen LogP contribution in [0.3, 0.4) is 0 Å². The molecule has 0 bridgehead atoms. The van der Waals surface area contributed by atoms with E-state index in [1.165, 1.54) is 36.4 Å². The van der Waals surface area contributed by atoms with Crippen LogP contribution < -0.4 is 5.73 Å². The van der Waals surface area contributed by atoms with Crippen LogP contribution in [0.2, 0.25) is 0 Å². The summed E-state index contributed by atoms with van der Waals surface area (Å²) in [7, 11) is -3.46. The number of hydrogen-bond acceptors (Lipinski definition) is 7. The Kier molecular flexibility index (Phi) is 7.51. The van der Waals surface area contributed by atoms with E-state index in [1.807, 2.05) is 0 Å². The molecule has 0 aliphatic rings. The third kappa shape index (κ3) is 5.39. The fraction of sp³-hybridized carbons (Fsp3) is 0.292. The SMILES string of the molecule is CCC(CC(N)(C(=O)O)c1cc(-c2ccc(S(C)(=O)=O)cc2)n(-c2cccc(F)c2)c1C)O[N+](=O)[O-]. The lowest BCUT2D eigenvalue weighted by Crippen LogP contribution is -2.48. The van der Waals surface area contributed by atoms with E-state index < -0.39 is 44.8 Å². The van der Waals surface area contributed by atoms with Gasteiger partial charge in [-0.15, -0.1) is 10.1 Å². The molecule has 1 heterocycles. The average molecular weight is 520 g/mol. The molecule has 3 N–H and O–H groups in total. The highest BCUT2D eigenvalue weighted by Gasteiger charge is 2.42. The first-order valence-electron chi connectivity index (χ1n) is 10.9. The van der Waals surface area contributed by atoms with Crippen molar-refractivity contribution in [1.29, 1.82) is 0 Å². The Labute approximate surface area is 207 Å². The number of rotatable bonds is 10. The van der Waals surface area contributed by atoms with Crippen molar-refractivity contribution in [3.63, 3.8) is 0 Å². The fourth-order valence-electron chi connectivity index (χ4n) is 4.14. The maximum absolute atomic E-state index is 14.1. The van der Waals surface area contributed by atoms with Gasteiger partial charge < -0.3 is 20.2 Å². The van der Waals surface area contributed by atoms with Crippen LogP contribution in [0.1, 0.15) is 31.0 Å². The van der Waals surface area contributed by atoms with Gasteiger partial charge in [0.25, 0.3) is 5.09 Å². The maximum Gasteiger partial charge on any atom is 0.328 e. The van der Waals surface area contributed by atoms with E-state index in [0.717, 1.165) is 6.26 Å². The molecular weight excluding hydrogens is 493 g/mol. The van der Waals surface area contributed by atoms with Gasteiger partial charge in [-0.3, -0.25) is 0 Å². The summed E-state index contributed by atoms with van der Waals surface area (Å²) in [4.78, 5) is 28.1. The van der Waals surface area contributed by atoms with Gasteiger partial charge in [-0.2, -0.15) is 0 Å². The number of carboxylic acid groups (broad SMARTS) is 1. The topological polar surface area (TPSA) is 155 Å². The van der Waals surface area contributed by atoms with E-state index in [0.29, 0.717) is 22.6 Å². The summed E-state index contributed by atoms with van der Waals surface area (Å²) < 4.78 is 39.5. The van der Waals surface area contributed by atoms with Gasteiger partial charge in [0.1, 0.15) is 17.5 Å². The van der Waals surface area contributed by atoms with Crippen molar-refractivity contribution in [2.75, 3.05) is 6.26 Å². The lowest BCUT2D eigenvalue weighted by atomic mass is 9.84. The molecule has 0 radical (unpaired) electrons. The molecule has 36 heavy (non-hydrogen) atoms. The van der Waals surface area contributed by atoms with Crippen LogP contribution in [-0.2, 0) is 25.0 Å². The summed E-state index contributed by atoms with van der Waals surface area (Å²) in [5.74, 6) is -1.95. The smallest absolute Gasteiger partial charge is 0.328 e. The Morgan fingerprint density at radius 3 is 2.39 bits per heavy atom. The van der Waals surface area contributed by atoms with Crippen molar-refractivity contribution >= 4 is 15.8 Å². The zero-order chi connectivity index (χ0) is 26.8. The van der Waals surface area contributed by atoms with Gasteiger partial charge >= 0.3 is 5.97 Å². The summed E-state index contributed by atoms with van der Waals surface area (Å²) in [5.41, 5.74) is 6.14. The van der Waals surface area contributed by atoms with Crippen LogP contribution in [-0.4, -0.2) is 41.5 Å². The number of halogens is 1. The molecule has 0 amide bonds. The third-order valence-electron chi connectivity index (χ3n) is 5.99. The van der Waals surface area contributed by atoms with E-state index in [4.69, 9.17) is 5.73 Å². The second-order valence-electron chi connectivity index (χ2n) is 8.48. The minimum Gasteiger partial charge on any atom is -0.480 e. The second kappa shape index (κ2) is 10.1. The van der Waals surface area contributed by atoms with Crippen LogP contribution in [0.25, 0.3) is 16.9 Å². The van der Waals surface area contributed by atoms with Gasteiger partial charge in [-0.05, 0) is 55.3 Å². The Balaban J connectivity index is 2.26. The normalized spacial score (nSPS) is 14.1. The van der Waals surface area contributed by atoms with Gasteiger partial charge in [-0.25, -0.2) is 17.6 Å². The summed E-state index contributed by atoms with van der Waals surface area (Å²) >= 11 is 0. The molecule has 192 valence electrons. The molecule has 10 nitrogen and oxygen atoms in total. The van der Waals surface area contributed by atoms with Gasteiger partial charge in [0, 0.05) is 29.6 Å². The van der Waals surface area contributed by atoms with Crippen LogP contribution in [0.4, 0.5) is 4.39 Å². The number of nitrogens with two attached hydrogens (primary N) is 1. The van der Waals surface area contributed by atoms with E-state index >= 15 is 0 Å². The van der Waals surface area contributed by atoms with Crippen molar-refractivity contribution in [1.82, 2.24) is 4.57 Å². The molecule has 0 aliphatic heterocycles. The van der Waals surface area contributed by atoms with Crippen LogP contribution in [0.15, 0.2) is 59.5 Å². The molecule has 1 aromatic heterocycles. The molecule has 0 saturated heterocycles. The van der Waals surface area contributed by atoms with Gasteiger partial charge in [0.05, 0.1) is 10.6 Å². The number of sulfone groups is 1. The number of aliphatic carboxylic acids is 1. The predicted molar refractivity (Wildman–Crippen MR) is 129 cm³/mol. The number of aromatic nitrogens is 1. The number of hydrogen-bond donors (Lipinski definition) is 2. The molecule has 0 aliphatic carbocycles. The molecule has 3 rings (SSSR count). The van der Waals surface area contributed by atoms with Crippen molar-refractivity contribution in [2.24, 2.45) is 5.73 Å². The molecule has 0 fully saturated rings. The highest BCUT2D eigenvalue weighted by Crippen LogP contribution is 2.37. The van der Waals surface area contributed by atoms with Gasteiger partial charge in [0.2, 0.25) is 0 Å². The maximum atomic E-state index is 14.1. The van der Waals surface area contributed by atoms with E-state index in [-0.39, 0.29) is 16.9 Å². The molecule has 12 heteroatoms. The lowest BCUT2D eigenvalue weighted by Gasteiger charge is -2.28. The first-order chi connectivity index (χ1) is 16.8. The second-order valence-corrected chi connectivity index (χ2v) is 10.5. The van der Waals surface area contributed by atoms with Crippen LogP contribution >= 0.6 is 0 Å². The molecule has 2 atom stereocenters. The van der Waals surface area contributed by atoms with Crippen molar-refractivity contribution < 1.29 is 32.6 Å². The standard InChI is InChI=1S/C24H26FN3O7S/c1-4-19(35-28(31)32)14-24(26,23(29)30)21-13-22(16-8-10-20(11-9-16)36(3,33)34)27(15(21)2)18-7-5-6-17(25)12-18/h5-13,19H,4,14,26H2,1-3H3,(H,29,30). The van der Waals surface area contributed by atoms with E-state index in [9.17, 15) is 32.8 Å². The highest BCUT2D eigenvalue weighted by molar-refractivity contribution is 7.90. The molecule has 2 unspecified atom stereocenters. The minimum absolute atomic E-state index is 0.0912. The zero-order valence-corrected chi connectivity index (χ0v) is 20.7. The minimum atomic E-state index is -3.46. The fourth-order valence-corrected chi connectivity index (χ4v) is 4.77. The Bertz CT molecular complexity index is 1400. The van der Waals surface area contributed by atoms with E-state index in [2.05, 4.69) is 4.84 Å². The molecule has 2 aromatic carbocycles. The first kappa shape index (κ1) is 26.8. The Hall–Kier alpha value is -3.77. The molecule has 0 spiro atoms. The predicted octanol–water partition coefficient (Wildman–Crippen LogP) is 3.61. The number of carboxylic acids is 1. The largest absolute Gasteiger partial charge is 0.480 e. The number of carbonyl (C=O) groups is 1. The van der Waals surface area contributed by atoms with Gasteiger partial charge in [0.15, 0.2) is 9.84 Å². The molecular formula is C24H26FN3O7S. The zero-order valence-electron chi connectivity index (χ0n) is 19.8. The summed E-state index contributed by atoms with van der Waals surface area (Å²) in [5, 5.41) is 20.0. The molecule has 3 aromatic rings. The average Bonchev–Trinajstić information content (AvgIpc) is 3.15. The third-order valence-corrected chi connectivity index (χ3v) is 7.12. The molecule has 0 saturated carbocycles. The summed E-state index contributed by atoms with van der Waals surface area (Å²) in [6, 6.07) is 13.1. The highest BCUT2D eigenvalue weighted by atomic mass is 32.2. The number of benzene rings is 2. The van der Waals surface area contributed by atoms with Crippen molar-refractivity contribution in [3.8, 4) is 16.9 Å². The summed E-state index contributed by atoms with van der Waals surface area (Å²) in [6.45, 7) is 3.21. The Morgan fingerprint density at radius 1 is 1.25 bits per heavy atom. The van der Waals surface area contributed by atoms with Crippen molar-refractivity contribution in [2.45, 2.75) is 43.2 Å². The van der Waals surface area contributed by atoms with Crippen molar-refractivity contribution in [3.05, 3.63) is 81.8 Å². The lowest BCUT2D eigenvalue weighted by molar-refractivity contribution is -0.769. The van der Waals surface area contributed by atoms with Crippen LogP contribution in [0, 0.1) is 22.9 Å². The monoisotopic (exact) mass is 519 g/mol. The number of nitrogens with zero attached hydrogens (tertiary/aromatic N) is 2. The van der Waals surface area contributed by atoms with Gasteiger partial charge in [-0.1, -0.05) is 25.1 Å².